The average molecular weight is 574 g/mol. The van der Waals surface area contributed by atoms with E-state index < -0.39 is 47.6 Å². The molecule has 1 atom stereocenters. The number of alkyl halides is 3. The van der Waals surface area contributed by atoms with Crippen molar-refractivity contribution in [2.75, 3.05) is 5.32 Å². The van der Waals surface area contributed by atoms with Crippen molar-refractivity contribution in [1.29, 1.82) is 5.41 Å². The summed E-state index contributed by atoms with van der Waals surface area (Å²) in [5.41, 5.74) is -0.884. The van der Waals surface area contributed by atoms with Gasteiger partial charge in [0.1, 0.15) is 17.1 Å². The highest BCUT2D eigenvalue weighted by atomic mass is 79.9. The molecule has 36 heavy (non-hydrogen) atoms. The minimum Gasteiger partial charge on any atom is -0.444 e. The molecular weight excluding hydrogens is 546 g/mol. The fourth-order valence-electron chi connectivity index (χ4n) is 3.24. The van der Waals surface area contributed by atoms with E-state index in [1.807, 2.05) is 0 Å². The van der Waals surface area contributed by atoms with Gasteiger partial charge in [0.05, 0.1) is 5.69 Å². The maximum absolute atomic E-state index is 14.1. The second-order valence-electron chi connectivity index (χ2n) is 9.20. The summed E-state index contributed by atoms with van der Waals surface area (Å²) in [6.07, 6.45) is -6.07. The molecule has 3 N–H and O–H groups in total. The number of ether oxygens (including phenoxy) is 1. The van der Waals surface area contributed by atoms with E-state index in [9.17, 15) is 27.2 Å². The van der Waals surface area contributed by atoms with Crippen LogP contribution in [0.25, 0.3) is 0 Å². The Labute approximate surface area is 215 Å². The summed E-state index contributed by atoms with van der Waals surface area (Å²) in [5.74, 6) is -2.77. The summed E-state index contributed by atoms with van der Waals surface area (Å²) in [6, 6.07) is 10.9. The number of anilines is 1. The highest BCUT2D eigenvalue weighted by Gasteiger charge is 2.37. The highest BCUT2D eigenvalue weighted by Crippen LogP contribution is 2.26. The Balaban J connectivity index is 2.09. The highest BCUT2D eigenvalue weighted by molar-refractivity contribution is 9.10. The van der Waals surface area contributed by atoms with Gasteiger partial charge in [-0.05, 0) is 62.9 Å². The molecule has 11 heteroatoms. The molecule has 0 saturated carbocycles. The van der Waals surface area contributed by atoms with Gasteiger partial charge in [-0.1, -0.05) is 40.2 Å². The Kier molecular flexibility index (Phi) is 10.0. The van der Waals surface area contributed by atoms with E-state index in [1.165, 1.54) is 12.1 Å². The standard InChI is InChI=1S/C25H28BrF4N3O3/c1-24(2,3)36-23(35)32-14-16-6-4-5-15(11-16)7-8-17(12-21(31)25(28,29)30)22(34)33-20-10-9-18(26)13-19(20)27/h4-6,9-11,13,17,31H,7-8,12,14H2,1-3H3,(H,32,35)(H,33,34). The largest absolute Gasteiger partial charge is 0.444 e. The van der Waals surface area contributed by atoms with E-state index in [0.717, 1.165) is 17.2 Å². The maximum atomic E-state index is 14.1. The van der Waals surface area contributed by atoms with Gasteiger partial charge >= 0.3 is 12.3 Å². The fourth-order valence-corrected chi connectivity index (χ4v) is 3.57. The van der Waals surface area contributed by atoms with Crippen molar-refractivity contribution in [3.8, 4) is 0 Å². The topological polar surface area (TPSA) is 91.3 Å². The van der Waals surface area contributed by atoms with Crippen LogP contribution in [-0.4, -0.2) is 29.5 Å². The fraction of sp³-hybridized carbons (Fsp3) is 0.400. The third-order valence-electron chi connectivity index (χ3n) is 4.96. The molecule has 2 aromatic carbocycles. The maximum Gasteiger partial charge on any atom is 0.428 e. The number of amides is 2. The third kappa shape index (κ3) is 9.96. The van der Waals surface area contributed by atoms with Crippen LogP contribution in [0.4, 0.5) is 28.0 Å². The average Bonchev–Trinajstić information content (AvgIpc) is 2.75. The van der Waals surface area contributed by atoms with Crippen LogP contribution in [0.5, 0.6) is 0 Å². The summed E-state index contributed by atoms with van der Waals surface area (Å²) in [7, 11) is 0. The predicted molar refractivity (Wildman–Crippen MR) is 132 cm³/mol. The van der Waals surface area contributed by atoms with E-state index >= 15 is 0 Å². The first-order chi connectivity index (χ1) is 16.6. The molecule has 0 aromatic heterocycles. The van der Waals surface area contributed by atoms with Gasteiger partial charge in [0.15, 0.2) is 0 Å². The first-order valence-corrected chi connectivity index (χ1v) is 11.9. The lowest BCUT2D eigenvalue weighted by Gasteiger charge is -2.20. The van der Waals surface area contributed by atoms with Crippen LogP contribution in [0.3, 0.4) is 0 Å². The first-order valence-electron chi connectivity index (χ1n) is 11.1. The smallest absolute Gasteiger partial charge is 0.428 e. The second-order valence-corrected chi connectivity index (χ2v) is 10.1. The zero-order valence-corrected chi connectivity index (χ0v) is 21.6. The minimum atomic E-state index is -4.87. The van der Waals surface area contributed by atoms with Crippen molar-refractivity contribution in [1.82, 2.24) is 5.32 Å². The van der Waals surface area contributed by atoms with Gasteiger partial charge < -0.3 is 20.8 Å². The normalized spacial score (nSPS) is 12.6. The molecule has 0 fully saturated rings. The van der Waals surface area contributed by atoms with Gasteiger partial charge in [0.2, 0.25) is 5.91 Å². The lowest BCUT2D eigenvalue weighted by Crippen LogP contribution is -2.32. The number of hydrogen-bond acceptors (Lipinski definition) is 4. The van der Waals surface area contributed by atoms with Crippen molar-refractivity contribution in [2.45, 2.75) is 58.4 Å². The molecule has 0 spiro atoms. The van der Waals surface area contributed by atoms with E-state index in [4.69, 9.17) is 10.1 Å². The number of halogens is 5. The summed E-state index contributed by atoms with van der Waals surface area (Å²) in [6.45, 7) is 5.39. The molecular formula is C25H28BrF4N3O3. The molecule has 6 nitrogen and oxygen atoms in total. The lowest BCUT2D eigenvalue weighted by molar-refractivity contribution is -0.120. The lowest BCUT2D eigenvalue weighted by atomic mass is 9.92. The third-order valence-corrected chi connectivity index (χ3v) is 5.45. The molecule has 196 valence electrons. The molecule has 0 aliphatic rings. The number of nitrogens with one attached hydrogen (secondary N) is 3. The molecule has 0 saturated heterocycles. The zero-order valence-electron chi connectivity index (χ0n) is 20.1. The molecule has 2 aromatic rings. The van der Waals surface area contributed by atoms with Gasteiger partial charge in [-0.3, -0.25) is 4.79 Å². The van der Waals surface area contributed by atoms with Crippen molar-refractivity contribution >= 4 is 39.3 Å². The first kappa shape index (κ1) is 29.3. The molecule has 0 heterocycles. The monoisotopic (exact) mass is 573 g/mol. The number of aryl methyl sites for hydroxylation is 1. The number of rotatable bonds is 9. The van der Waals surface area contributed by atoms with Crippen LogP contribution < -0.4 is 10.6 Å². The quantitative estimate of drug-likeness (QED) is 0.228. The predicted octanol–water partition coefficient (Wildman–Crippen LogP) is 6.77. The molecule has 0 aliphatic carbocycles. The van der Waals surface area contributed by atoms with Gasteiger partial charge in [-0.2, -0.15) is 13.2 Å². The van der Waals surface area contributed by atoms with Crippen LogP contribution in [-0.2, 0) is 22.5 Å². The van der Waals surface area contributed by atoms with Crippen molar-refractivity contribution < 1.29 is 31.9 Å². The van der Waals surface area contributed by atoms with Gasteiger partial charge in [-0.15, -0.1) is 0 Å². The number of carbonyl (C=O) groups is 2. The van der Waals surface area contributed by atoms with Gasteiger partial charge in [0.25, 0.3) is 0 Å². The minimum absolute atomic E-state index is 0.00854. The zero-order chi connectivity index (χ0) is 27.1. The molecule has 0 radical (unpaired) electrons. The number of carbonyl (C=O) groups excluding carboxylic acids is 2. The Bertz CT molecular complexity index is 1100. The summed E-state index contributed by atoms with van der Waals surface area (Å²) >= 11 is 3.10. The molecule has 0 bridgehead atoms. The van der Waals surface area contributed by atoms with Crippen molar-refractivity contribution in [2.24, 2.45) is 5.92 Å². The molecule has 2 rings (SSSR count). The van der Waals surface area contributed by atoms with E-state index in [0.29, 0.717) is 4.47 Å². The number of hydrogen-bond donors (Lipinski definition) is 3. The van der Waals surface area contributed by atoms with Crippen LogP contribution in [0, 0.1) is 17.1 Å². The van der Waals surface area contributed by atoms with Gasteiger partial charge in [0, 0.05) is 23.4 Å². The van der Waals surface area contributed by atoms with Crippen molar-refractivity contribution in [3.63, 3.8) is 0 Å². The summed E-state index contributed by atoms with van der Waals surface area (Å²) in [4.78, 5) is 24.6. The second kappa shape index (κ2) is 12.3. The van der Waals surface area contributed by atoms with Crippen LogP contribution in [0.1, 0.15) is 44.7 Å². The van der Waals surface area contributed by atoms with Gasteiger partial charge in [-0.25, -0.2) is 9.18 Å². The van der Waals surface area contributed by atoms with Crippen LogP contribution >= 0.6 is 15.9 Å². The van der Waals surface area contributed by atoms with E-state index in [-0.39, 0.29) is 25.1 Å². The Hall–Kier alpha value is -2.95. The van der Waals surface area contributed by atoms with E-state index in [2.05, 4.69) is 26.6 Å². The van der Waals surface area contributed by atoms with Crippen LogP contribution in [0.2, 0.25) is 0 Å². The molecule has 0 aliphatic heterocycles. The van der Waals surface area contributed by atoms with E-state index in [1.54, 1.807) is 45.0 Å². The number of alkyl carbamates (subject to hydrolysis) is 1. The Morgan fingerprint density at radius 2 is 1.75 bits per heavy atom. The summed E-state index contributed by atoms with van der Waals surface area (Å²) < 4.78 is 58.8. The number of benzene rings is 2. The summed E-state index contributed by atoms with van der Waals surface area (Å²) in [5, 5.41) is 12.3. The van der Waals surface area contributed by atoms with Crippen molar-refractivity contribution in [3.05, 3.63) is 63.9 Å². The molecule has 1 unspecified atom stereocenters. The van der Waals surface area contributed by atoms with Crippen LogP contribution in [0.15, 0.2) is 46.9 Å². The molecule has 2 amide bonds. The Morgan fingerprint density at radius 1 is 1.08 bits per heavy atom. The SMILES string of the molecule is CC(C)(C)OC(=O)NCc1cccc(CCC(CC(=N)C(F)(F)F)C(=O)Nc2ccc(Br)cc2F)c1. The Morgan fingerprint density at radius 3 is 2.36 bits per heavy atom.